The van der Waals surface area contributed by atoms with Crippen molar-refractivity contribution in [2.45, 2.75) is 38.6 Å². The van der Waals surface area contributed by atoms with E-state index in [2.05, 4.69) is 17.4 Å². The van der Waals surface area contributed by atoms with Crippen molar-refractivity contribution in [2.24, 2.45) is 17.8 Å². The molecule has 1 amide bonds. The zero-order valence-corrected chi connectivity index (χ0v) is 12.2. The maximum atomic E-state index is 12.4. The lowest BCUT2D eigenvalue weighted by Crippen LogP contribution is -2.41. The van der Waals surface area contributed by atoms with Crippen LogP contribution in [-0.2, 0) is 22.4 Å². The Morgan fingerprint density at radius 2 is 1.67 bits per heavy atom. The van der Waals surface area contributed by atoms with Crippen LogP contribution in [0.5, 0.6) is 0 Å². The van der Waals surface area contributed by atoms with Crippen molar-refractivity contribution in [3.8, 4) is 0 Å². The maximum Gasteiger partial charge on any atom is 0.307 e. The van der Waals surface area contributed by atoms with Crippen LogP contribution < -0.4 is 5.32 Å². The van der Waals surface area contributed by atoms with E-state index < -0.39 is 11.9 Å². The molecule has 4 heteroatoms. The molecule has 1 aromatic rings. The molecule has 1 fully saturated rings. The molecule has 3 atom stereocenters. The number of hydrogen-bond donors (Lipinski definition) is 2. The van der Waals surface area contributed by atoms with E-state index in [1.54, 1.807) is 0 Å². The van der Waals surface area contributed by atoms with Crippen molar-refractivity contribution < 1.29 is 14.7 Å². The number of amides is 1. The molecular formula is C17H21NO3. The number of carboxylic acid groups (broad SMARTS) is 1. The van der Waals surface area contributed by atoms with Gasteiger partial charge < -0.3 is 10.4 Å². The molecule has 2 aliphatic carbocycles. The predicted octanol–water partition coefficient (Wildman–Crippen LogP) is 2.02. The molecule has 2 aliphatic rings. The topological polar surface area (TPSA) is 66.4 Å². The molecule has 0 aliphatic heterocycles. The van der Waals surface area contributed by atoms with E-state index in [0.717, 1.165) is 12.8 Å². The van der Waals surface area contributed by atoms with Gasteiger partial charge >= 0.3 is 5.97 Å². The average molecular weight is 287 g/mol. The van der Waals surface area contributed by atoms with Crippen molar-refractivity contribution in [1.29, 1.82) is 0 Å². The van der Waals surface area contributed by atoms with Crippen molar-refractivity contribution in [1.82, 2.24) is 5.32 Å². The third-order valence-electron chi connectivity index (χ3n) is 4.85. The van der Waals surface area contributed by atoms with Gasteiger partial charge in [-0.25, -0.2) is 0 Å². The number of carbonyl (C=O) groups is 2. The SMILES string of the molecule is CC1CC(C(=O)O)C(C(=O)NC2Cc3ccccc3C2)C1. The van der Waals surface area contributed by atoms with Crippen molar-refractivity contribution >= 4 is 11.9 Å². The second-order valence-electron chi connectivity index (χ2n) is 6.51. The van der Waals surface area contributed by atoms with Gasteiger partial charge in [0.2, 0.25) is 5.91 Å². The Labute approximate surface area is 124 Å². The van der Waals surface area contributed by atoms with Crippen LogP contribution in [0.4, 0.5) is 0 Å². The fourth-order valence-electron chi connectivity index (χ4n) is 3.82. The monoisotopic (exact) mass is 287 g/mol. The quantitative estimate of drug-likeness (QED) is 0.893. The van der Waals surface area contributed by atoms with Crippen LogP contribution in [0.15, 0.2) is 24.3 Å². The molecule has 112 valence electrons. The zero-order valence-electron chi connectivity index (χ0n) is 12.2. The molecule has 2 N–H and O–H groups in total. The molecule has 3 unspecified atom stereocenters. The molecule has 3 rings (SSSR count). The minimum absolute atomic E-state index is 0.0791. The predicted molar refractivity (Wildman–Crippen MR) is 78.8 cm³/mol. The van der Waals surface area contributed by atoms with Crippen LogP contribution >= 0.6 is 0 Å². The second-order valence-corrected chi connectivity index (χ2v) is 6.51. The highest BCUT2D eigenvalue weighted by molar-refractivity contribution is 5.85. The Hall–Kier alpha value is -1.84. The van der Waals surface area contributed by atoms with Crippen LogP contribution in [0.25, 0.3) is 0 Å². The lowest BCUT2D eigenvalue weighted by atomic mass is 9.95. The molecule has 1 saturated carbocycles. The van der Waals surface area contributed by atoms with E-state index in [1.165, 1.54) is 11.1 Å². The molecule has 0 saturated heterocycles. The fourth-order valence-corrected chi connectivity index (χ4v) is 3.82. The van der Waals surface area contributed by atoms with Crippen LogP contribution in [0.2, 0.25) is 0 Å². The molecule has 0 spiro atoms. The molecule has 0 aromatic heterocycles. The summed E-state index contributed by atoms with van der Waals surface area (Å²) in [6.07, 6.45) is 2.99. The van der Waals surface area contributed by atoms with Gasteiger partial charge in [-0.3, -0.25) is 9.59 Å². The number of aliphatic carboxylic acids is 1. The number of benzene rings is 1. The number of hydrogen-bond acceptors (Lipinski definition) is 2. The first-order chi connectivity index (χ1) is 10.0. The molecule has 0 heterocycles. The molecular weight excluding hydrogens is 266 g/mol. The highest BCUT2D eigenvalue weighted by Crippen LogP contribution is 2.36. The molecule has 0 radical (unpaired) electrons. The van der Waals surface area contributed by atoms with E-state index in [4.69, 9.17) is 0 Å². The van der Waals surface area contributed by atoms with Crippen LogP contribution in [-0.4, -0.2) is 23.0 Å². The van der Waals surface area contributed by atoms with Gasteiger partial charge in [-0.15, -0.1) is 0 Å². The van der Waals surface area contributed by atoms with Crippen LogP contribution in [0.1, 0.15) is 30.9 Å². The van der Waals surface area contributed by atoms with Crippen LogP contribution in [0.3, 0.4) is 0 Å². The van der Waals surface area contributed by atoms with Crippen LogP contribution in [0, 0.1) is 17.8 Å². The Morgan fingerprint density at radius 3 is 2.24 bits per heavy atom. The van der Waals surface area contributed by atoms with Gasteiger partial charge in [-0.1, -0.05) is 31.2 Å². The summed E-state index contributed by atoms with van der Waals surface area (Å²) in [5, 5.41) is 12.3. The van der Waals surface area contributed by atoms with E-state index in [0.29, 0.717) is 18.8 Å². The van der Waals surface area contributed by atoms with Gasteiger partial charge in [0.1, 0.15) is 0 Å². The largest absolute Gasteiger partial charge is 0.481 e. The highest BCUT2D eigenvalue weighted by atomic mass is 16.4. The van der Waals surface area contributed by atoms with Crippen molar-refractivity contribution in [3.05, 3.63) is 35.4 Å². The molecule has 0 bridgehead atoms. The number of carbonyl (C=O) groups excluding carboxylic acids is 1. The van der Waals surface area contributed by atoms with Gasteiger partial charge in [-0.2, -0.15) is 0 Å². The standard InChI is InChI=1S/C17H21NO3/c1-10-6-14(15(7-10)17(20)21)16(19)18-13-8-11-4-2-3-5-12(11)9-13/h2-5,10,13-15H,6-9H2,1H3,(H,18,19)(H,20,21). The summed E-state index contributed by atoms with van der Waals surface area (Å²) in [5.41, 5.74) is 2.58. The van der Waals surface area contributed by atoms with Gasteiger partial charge in [0, 0.05) is 6.04 Å². The smallest absolute Gasteiger partial charge is 0.307 e. The van der Waals surface area contributed by atoms with E-state index >= 15 is 0 Å². The van der Waals surface area contributed by atoms with E-state index in [-0.39, 0.29) is 17.9 Å². The molecule has 21 heavy (non-hydrogen) atoms. The Balaban J connectivity index is 1.64. The fraction of sp³-hybridized carbons (Fsp3) is 0.529. The van der Waals surface area contributed by atoms with Gasteiger partial charge in [0.05, 0.1) is 11.8 Å². The van der Waals surface area contributed by atoms with E-state index in [9.17, 15) is 14.7 Å². The highest BCUT2D eigenvalue weighted by Gasteiger charge is 2.41. The van der Waals surface area contributed by atoms with Gasteiger partial charge in [0.25, 0.3) is 0 Å². The Kier molecular flexibility index (Phi) is 3.70. The summed E-state index contributed by atoms with van der Waals surface area (Å²) in [7, 11) is 0. The first-order valence-electron chi connectivity index (χ1n) is 7.64. The third kappa shape index (κ3) is 2.80. The lowest BCUT2D eigenvalue weighted by Gasteiger charge is -2.19. The summed E-state index contributed by atoms with van der Waals surface area (Å²) in [5.74, 6) is -1.51. The summed E-state index contributed by atoms with van der Waals surface area (Å²) in [6, 6.07) is 8.34. The summed E-state index contributed by atoms with van der Waals surface area (Å²) in [4.78, 5) is 23.7. The number of nitrogens with one attached hydrogen (secondary N) is 1. The second kappa shape index (κ2) is 5.51. The zero-order chi connectivity index (χ0) is 15.0. The number of carboxylic acids is 1. The molecule has 1 aromatic carbocycles. The average Bonchev–Trinajstić information content (AvgIpc) is 3.01. The number of fused-ring (bicyclic) bond motifs is 1. The van der Waals surface area contributed by atoms with Gasteiger partial charge in [-0.05, 0) is 42.7 Å². The van der Waals surface area contributed by atoms with Crippen molar-refractivity contribution in [2.75, 3.05) is 0 Å². The normalized spacial score (nSPS) is 28.3. The third-order valence-corrected chi connectivity index (χ3v) is 4.85. The minimum atomic E-state index is -0.839. The summed E-state index contributed by atoms with van der Waals surface area (Å²) in [6.45, 7) is 2.02. The summed E-state index contributed by atoms with van der Waals surface area (Å²) < 4.78 is 0. The van der Waals surface area contributed by atoms with Crippen molar-refractivity contribution in [3.63, 3.8) is 0 Å². The minimum Gasteiger partial charge on any atom is -0.481 e. The lowest BCUT2D eigenvalue weighted by molar-refractivity contribution is -0.146. The number of rotatable bonds is 3. The Bertz CT molecular complexity index is 544. The van der Waals surface area contributed by atoms with E-state index in [1.807, 2.05) is 19.1 Å². The first kappa shape index (κ1) is 14.1. The Morgan fingerprint density at radius 1 is 1.10 bits per heavy atom. The molecule has 4 nitrogen and oxygen atoms in total. The first-order valence-corrected chi connectivity index (χ1v) is 7.64. The summed E-state index contributed by atoms with van der Waals surface area (Å²) >= 11 is 0. The maximum absolute atomic E-state index is 12.4. The van der Waals surface area contributed by atoms with Gasteiger partial charge in [0.15, 0.2) is 0 Å².